The Labute approximate surface area is 125 Å². The lowest BCUT2D eigenvalue weighted by Crippen LogP contribution is -2.37. The molecule has 1 atom stereocenters. The molecule has 0 aromatic heterocycles. The number of hydrogen-bond acceptors (Lipinski definition) is 2. The van der Waals surface area contributed by atoms with Crippen molar-refractivity contribution < 1.29 is 19.1 Å². The first-order valence-corrected chi connectivity index (χ1v) is 6.83. The van der Waals surface area contributed by atoms with Crippen LogP contribution in [0.3, 0.4) is 0 Å². The van der Waals surface area contributed by atoms with Crippen LogP contribution in [0, 0.1) is 5.82 Å². The number of carboxylic acids is 1. The molecular formula is C13H12Cl2FNO3. The quantitative estimate of drug-likeness (QED) is 0.870. The Morgan fingerprint density at radius 3 is 2.70 bits per heavy atom. The summed E-state index contributed by atoms with van der Waals surface area (Å²) in [7, 11) is 0. The van der Waals surface area contributed by atoms with Crippen LogP contribution in [0.25, 0.3) is 0 Å². The first-order valence-electron chi connectivity index (χ1n) is 6.07. The number of benzene rings is 1. The van der Waals surface area contributed by atoms with Crippen LogP contribution in [0.4, 0.5) is 4.39 Å². The lowest BCUT2D eigenvalue weighted by Gasteiger charge is -2.24. The van der Waals surface area contributed by atoms with Gasteiger partial charge in [-0.05, 0) is 25.0 Å². The van der Waals surface area contributed by atoms with E-state index in [1.54, 1.807) is 0 Å². The molecule has 0 aliphatic carbocycles. The molecule has 1 saturated heterocycles. The number of aliphatic carboxylic acids is 1. The predicted molar refractivity (Wildman–Crippen MR) is 72.7 cm³/mol. The minimum atomic E-state index is -0.969. The van der Waals surface area contributed by atoms with Crippen molar-refractivity contribution in [2.75, 3.05) is 6.54 Å². The largest absolute Gasteiger partial charge is 0.481 e. The number of halogens is 3. The molecule has 1 unspecified atom stereocenters. The number of carbonyl (C=O) groups is 2. The third-order valence-electron chi connectivity index (χ3n) is 3.29. The Morgan fingerprint density at radius 2 is 2.05 bits per heavy atom. The SMILES string of the molecule is O=C(O)CC1CCCN1C(=O)c1cc(F)c(Cl)cc1Cl. The molecule has 1 N–H and O–H groups in total. The van der Waals surface area contributed by atoms with Gasteiger partial charge in [0.25, 0.3) is 5.91 Å². The molecule has 1 aromatic rings. The van der Waals surface area contributed by atoms with Crippen molar-refractivity contribution in [3.63, 3.8) is 0 Å². The average molecular weight is 320 g/mol. The van der Waals surface area contributed by atoms with Crippen LogP contribution in [-0.4, -0.2) is 34.5 Å². The number of likely N-dealkylation sites (tertiary alicyclic amines) is 1. The number of carbonyl (C=O) groups excluding carboxylic acids is 1. The highest BCUT2D eigenvalue weighted by Crippen LogP contribution is 2.28. The number of carboxylic acid groups (broad SMARTS) is 1. The molecule has 1 aliphatic heterocycles. The molecule has 0 saturated carbocycles. The minimum absolute atomic E-state index is 0.00542. The molecule has 1 aliphatic rings. The maximum absolute atomic E-state index is 13.5. The molecule has 4 nitrogen and oxygen atoms in total. The molecule has 0 spiro atoms. The molecule has 0 radical (unpaired) electrons. The molecular weight excluding hydrogens is 308 g/mol. The van der Waals surface area contributed by atoms with E-state index in [1.165, 1.54) is 11.0 Å². The van der Waals surface area contributed by atoms with Crippen LogP contribution >= 0.6 is 23.2 Å². The Kier molecular flexibility index (Phi) is 4.50. The van der Waals surface area contributed by atoms with Gasteiger partial charge in [-0.25, -0.2) is 4.39 Å². The van der Waals surface area contributed by atoms with Crippen molar-refractivity contribution in [2.24, 2.45) is 0 Å². The van der Waals surface area contributed by atoms with E-state index in [4.69, 9.17) is 28.3 Å². The standard InChI is InChI=1S/C13H12Cl2FNO3/c14-9-6-10(15)11(16)5-8(9)13(20)17-3-1-2-7(17)4-12(18)19/h5-7H,1-4H2,(H,18,19). The molecule has 7 heteroatoms. The molecule has 1 amide bonds. The zero-order chi connectivity index (χ0) is 14.9. The van der Waals surface area contributed by atoms with Crippen LogP contribution in [0.15, 0.2) is 12.1 Å². The lowest BCUT2D eigenvalue weighted by atomic mass is 10.1. The summed E-state index contributed by atoms with van der Waals surface area (Å²) >= 11 is 11.5. The van der Waals surface area contributed by atoms with Gasteiger partial charge >= 0.3 is 5.97 Å². The smallest absolute Gasteiger partial charge is 0.305 e. The number of nitrogens with zero attached hydrogens (tertiary/aromatic N) is 1. The predicted octanol–water partition coefficient (Wildman–Crippen LogP) is 3.21. The lowest BCUT2D eigenvalue weighted by molar-refractivity contribution is -0.137. The first kappa shape index (κ1) is 15.1. The Balaban J connectivity index is 2.26. The number of amides is 1. The van der Waals surface area contributed by atoms with Crippen LogP contribution in [0.1, 0.15) is 29.6 Å². The van der Waals surface area contributed by atoms with E-state index in [-0.39, 0.29) is 28.1 Å². The monoisotopic (exact) mass is 319 g/mol. The zero-order valence-electron chi connectivity index (χ0n) is 10.4. The van der Waals surface area contributed by atoms with E-state index >= 15 is 0 Å². The van der Waals surface area contributed by atoms with Gasteiger partial charge in [-0.3, -0.25) is 9.59 Å². The van der Waals surface area contributed by atoms with Gasteiger partial charge in [-0.1, -0.05) is 23.2 Å². The summed E-state index contributed by atoms with van der Waals surface area (Å²) in [6, 6.07) is 1.78. The highest BCUT2D eigenvalue weighted by atomic mass is 35.5. The summed E-state index contributed by atoms with van der Waals surface area (Å²) in [6.07, 6.45) is 1.21. The second-order valence-corrected chi connectivity index (χ2v) is 5.45. The van der Waals surface area contributed by atoms with Crippen LogP contribution in [0.5, 0.6) is 0 Å². The zero-order valence-corrected chi connectivity index (χ0v) is 11.9. The van der Waals surface area contributed by atoms with Crippen molar-refractivity contribution in [1.29, 1.82) is 0 Å². The van der Waals surface area contributed by atoms with Crippen molar-refractivity contribution in [3.8, 4) is 0 Å². The fraction of sp³-hybridized carbons (Fsp3) is 0.385. The van der Waals surface area contributed by atoms with Gasteiger partial charge in [0.1, 0.15) is 5.82 Å². The van der Waals surface area contributed by atoms with Gasteiger partial charge in [0.15, 0.2) is 0 Å². The van der Waals surface area contributed by atoms with Crippen molar-refractivity contribution in [3.05, 3.63) is 33.6 Å². The van der Waals surface area contributed by atoms with Gasteiger partial charge in [0.05, 0.1) is 22.0 Å². The average Bonchev–Trinajstić information content (AvgIpc) is 2.80. The van der Waals surface area contributed by atoms with Gasteiger partial charge in [0, 0.05) is 12.6 Å². The van der Waals surface area contributed by atoms with Crippen LogP contribution in [-0.2, 0) is 4.79 Å². The minimum Gasteiger partial charge on any atom is -0.481 e. The highest BCUT2D eigenvalue weighted by molar-refractivity contribution is 6.36. The Hall–Kier alpha value is -1.33. The molecule has 2 rings (SSSR count). The molecule has 20 heavy (non-hydrogen) atoms. The summed E-state index contributed by atoms with van der Waals surface area (Å²) < 4.78 is 13.5. The van der Waals surface area contributed by atoms with Gasteiger partial charge < -0.3 is 10.0 Å². The van der Waals surface area contributed by atoms with Gasteiger partial charge in [0.2, 0.25) is 0 Å². The molecule has 0 bridgehead atoms. The highest BCUT2D eigenvalue weighted by Gasteiger charge is 2.32. The third-order valence-corrected chi connectivity index (χ3v) is 3.89. The topological polar surface area (TPSA) is 57.6 Å². The second kappa shape index (κ2) is 5.97. The first-order chi connectivity index (χ1) is 9.40. The summed E-state index contributed by atoms with van der Waals surface area (Å²) in [5.74, 6) is -2.16. The molecule has 108 valence electrons. The normalized spacial score (nSPS) is 18.4. The Bertz CT molecular complexity index is 565. The van der Waals surface area contributed by atoms with E-state index in [0.717, 1.165) is 12.5 Å². The summed E-state index contributed by atoms with van der Waals surface area (Å²) in [5, 5.41) is 8.74. The van der Waals surface area contributed by atoms with E-state index in [9.17, 15) is 14.0 Å². The van der Waals surface area contributed by atoms with Crippen LogP contribution < -0.4 is 0 Å². The summed E-state index contributed by atoms with van der Waals surface area (Å²) in [4.78, 5) is 24.6. The van der Waals surface area contributed by atoms with Crippen molar-refractivity contribution >= 4 is 35.1 Å². The number of hydrogen-bond donors (Lipinski definition) is 1. The number of rotatable bonds is 3. The van der Waals surface area contributed by atoms with Crippen molar-refractivity contribution in [1.82, 2.24) is 4.90 Å². The van der Waals surface area contributed by atoms with E-state index in [1.807, 2.05) is 0 Å². The second-order valence-electron chi connectivity index (χ2n) is 4.64. The Morgan fingerprint density at radius 1 is 1.35 bits per heavy atom. The maximum atomic E-state index is 13.5. The summed E-state index contributed by atoms with van der Waals surface area (Å²) in [6.45, 7) is 0.442. The molecule has 1 heterocycles. The summed E-state index contributed by atoms with van der Waals surface area (Å²) in [5.41, 5.74) is 0.00542. The fourth-order valence-electron chi connectivity index (χ4n) is 2.36. The van der Waals surface area contributed by atoms with E-state index < -0.39 is 17.7 Å². The van der Waals surface area contributed by atoms with Crippen LogP contribution in [0.2, 0.25) is 10.0 Å². The van der Waals surface area contributed by atoms with Gasteiger partial charge in [-0.15, -0.1) is 0 Å². The third kappa shape index (κ3) is 3.04. The molecule has 1 aromatic carbocycles. The maximum Gasteiger partial charge on any atom is 0.305 e. The molecule has 1 fully saturated rings. The van der Waals surface area contributed by atoms with E-state index in [0.29, 0.717) is 13.0 Å². The van der Waals surface area contributed by atoms with Crippen molar-refractivity contribution in [2.45, 2.75) is 25.3 Å². The van der Waals surface area contributed by atoms with Gasteiger partial charge in [-0.2, -0.15) is 0 Å². The fourth-order valence-corrected chi connectivity index (χ4v) is 2.82. The van der Waals surface area contributed by atoms with E-state index in [2.05, 4.69) is 0 Å².